The van der Waals surface area contributed by atoms with Crippen molar-refractivity contribution in [2.75, 3.05) is 19.7 Å². The van der Waals surface area contributed by atoms with Crippen molar-refractivity contribution in [2.45, 2.75) is 45.6 Å². The van der Waals surface area contributed by atoms with E-state index < -0.39 is 5.97 Å². The van der Waals surface area contributed by atoms with Gasteiger partial charge in [-0.25, -0.2) is 4.79 Å². The van der Waals surface area contributed by atoms with Crippen LogP contribution in [-0.4, -0.2) is 46.5 Å². The van der Waals surface area contributed by atoms with Crippen LogP contribution in [0.15, 0.2) is 29.4 Å². The van der Waals surface area contributed by atoms with Gasteiger partial charge in [-0.2, -0.15) is 0 Å². The smallest absolute Gasteiger partial charge is 0.356 e. The fourth-order valence-electron chi connectivity index (χ4n) is 5.14. The Kier molecular flexibility index (Phi) is 5.40. The second-order valence-electron chi connectivity index (χ2n) is 7.99. The van der Waals surface area contributed by atoms with Crippen molar-refractivity contribution in [2.24, 2.45) is 17.0 Å². The third-order valence-corrected chi connectivity index (χ3v) is 6.42. The van der Waals surface area contributed by atoms with E-state index in [1.54, 1.807) is 6.92 Å². The van der Waals surface area contributed by atoms with Crippen LogP contribution in [0.1, 0.15) is 50.4 Å². The van der Waals surface area contributed by atoms with Crippen LogP contribution < -0.4 is 0 Å². The molecule has 28 heavy (non-hydrogen) atoms. The van der Waals surface area contributed by atoms with Crippen LogP contribution in [0.3, 0.4) is 0 Å². The first-order valence-electron chi connectivity index (χ1n) is 10.4. The van der Waals surface area contributed by atoms with Crippen LogP contribution in [0.2, 0.25) is 0 Å². The maximum absolute atomic E-state index is 12.2. The average Bonchev–Trinajstić information content (AvgIpc) is 3.10. The Bertz CT molecular complexity index is 888. The van der Waals surface area contributed by atoms with Crippen LogP contribution in [-0.2, 0) is 16.0 Å². The van der Waals surface area contributed by atoms with E-state index in [1.807, 2.05) is 0 Å². The van der Waals surface area contributed by atoms with Gasteiger partial charge in [-0.3, -0.25) is 4.90 Å². The Labute approximate surface area is 165 Å². The lowest BCUT2D eigenvalue weighted by Gasteiger charge is -2.47. The number of aromatic amines is 1. The zero-order valence-corrected chi connectivity index (χ0v) is 16.6. The Morgan fingerprint density at radius 3 is 2.93 bits per heavy atom. The fraction of sp³-hybridized carbons (Fsp3) is 0.545. The second-order valence-corrected chi connectivity index (χ2v) is 7.99. The van der Waals surface area contributed by atoms with E-state index >= 15 is 0 Å². The molecular weight excluding hydrogens is 354 g/mol. The maximum atomic E-state index is 12.2. The van der Waals surface area contributed by atoms with Gasteiger partial charge in [0.1, 0.15) is 0 Å². The van der Waals surface area contributed by atoms with Crippen molar-refractivity contribution in [3.63, 3.8) is 0 Å². The number of aromatic nitrogens is 1. The molecular formula is C22H29N3O3. The number of hydrogen-bond donors (Lipinski definition) is 2. The normalized spacial score (nSPS) is 25.4. The van der Waals surface area contributed by atoms with E-state index in [-0.39, 0.29) is 24.3 Å². The lowest BCUT2D eigenvalue weighted by Crippen LogP contribution is -2.47. The Hall–Kier alpha value is -2.34. The number of esters is 1. The average molecular weight is 383 g/mol. The highest BCUT2D eigenvalue weighted by molar-refractivity contribution is 6.36. The number of hydrogen-bond acceptors (Lipinski definition) is 5. The number of H-pyrrole nitrogens is 1. The van der Waals surface area contributed by atoms with E-state index in [2.05, 4.69) is 46.2 Å². The first-order valence-corrected chi connectivity index (χ1v) is 10.4. The SMILES string of the molecule is CCOC(=O)/C(C[C@H]1C[C@H](CC)CN2CCc3c([nH]c4ccccc34)[C@@H]12)=N\O. The van der Waals surface area contributed by atoms with Gasteiger partial charge < -0.3 is 14.9 Å². The minimum absolute atomic E-state index is 0.131. The molecule has 0 aliphatic carbocycles. The minimum Gasteiger partial charge on any atom is -0.461 e. The Morgan fingerprint density at radius 2 is 2.18 bits per heavy atom. The Balaban J connectivity index is 1.70. The summed E-state index contributed by atoms with van der Waals surface area (Å²) in [5.41, 5.74) is 3.97. The molecule has 0 spiro atoms. The van der Waals surface area contributed by atoms with Gasteiger partial charge in [0, 0.05) is 36.1 Å². The first-order chi connectivity index (χ1) is 13.7. The summed E-state index contributed by atoms with van der Waals surface area (Å²) in [5.74, 6) is 0.290. The van der Waals surface area contributed by atoms with Crippen molar-refractivity contribution in [3.05, 3.63) is 35.5 Å². The molecule has 2 aliphatic rings. The number of carbonyl (C=O) groups excluding carboxylic acids is 1. The number of para-hydroxylation sites is 1. The van der Waals surface area contributed by atoms with E-state index in [0.717, 1.165) is 32.4 Å². The summed E-state index contributed by atoms with van der Waals surface area (Å²) >= 11 is 0. The molecule has 0 saturated carbocycles. The number of ether oxygens (including phenoxy) is 1. The number of piperidine rings is 1. The highest BCUT2D eigenvalue weighted by atomic mass is 16.5. The number of rotatable bonds is 5. The summed E-state index contributed by atoms with van der Waals surface area (Å²) in [6.45, 7) is 6.38. The van der Waals surface area contributed by atoms with Gasteiger partial charge >= 0.3 is 5.97 Å². The van der Waals surface area contributed by atoms with Crippen molar-refractivity contribution >= 4 is 22.6 Å². The maximum Gasteiger partial charge on any atom is 0.356 e. The number of benzene rings is 1. The van der Waals surface area contributed by atoms with Gasteiger partial charge in [0.05, 0.1) is 12.6 Å². The molecule has 1 fully saturated rings. The van der Waals surface area contributed by atoms with Gasteiger partial charge in [-0.1, -0.05) is 36.7 Å². The van der Waals surface area contributed by atoms with Gasteiger partial charge in [-0.05, 0) is 43.2 Å². The van der Waals surface area contributed by atoms with E-state index in [0.29, 0.717) is 12.3 Å². The molecule has 3 heterocycles. The quantitative estimate of drug-likeness (QED) is 0.355. The second kappa shape index (κ2) is 7.95. The molecule has 150 valence electrons. The van der Waals surface area contributed by atoms with Crippen molar-refractivity contribution in [1.29, 1.82) is 0 Å². The highest BCUT2D eigenvalue weighted by Crippen LogP contribution is 2.45. The molecule has 0 amide bonds. The third-order valence-electron chi connectivity index (χ3n) is 6.42. The van der Waals surface area contributed by atoms with Crippen molar-refractivity contribution < 1.29 is 14.7 Å². The highest BCUT2D eigenvalue weighted by Gasteiger charge is 2.42. The molecule has 1 saturated heterocycles. The van der Waals surface area contributed by atoms with Gasteiger partial charge in [0.15, 0.2) is 5.71 Å². The molecule has 6 heteroatoms. The fourth-order valence-corrected chi connectivity index (χ4v) is 5.14. The standard InChI is InChI=1S/C22H29N3O3/c1-3-14-11-15(12-19(24-27)22(26)28-4-2)21-20-17(9-10-25(21)13-14)16-7-5-6-8-18(16)23-20/h5-8,14-15,21,23,27H,3-4,9-13H2,1-2H3/b24-19-/t14-,15+,21+/m0/s1. The number of nitrogens with one attached hydrogen (secondary N) is 1. The largest absolute Gasteiger partial charge is 0.461 e. The zero-order valence-electron chi connectivity index (χ0n) is 16.6. The number of fused-ring (bicyclic) bond motifs is 5. The molecule has 2 aliphatic heterocycles. The molecule has 1 aromatic carbocycles. The van der Waals surface area contributed by atoms with E-state index in [1.165, 1.54) is 22.2 Å². The van der Waals surface area contributed by atoms with Gasteiger partial charge in [0.2, 0.25) is 0 Å². The van der Waals surface area contributed by atoms with Crippen molar-refractivity contribution in [3.8, 4) is 0 Å². The van der Waals surface area contributed by atoms with Crippen LogP contribution >= 0.6 is 0 Å². The molecule has 1 aromatic heterocycles. The zero-order chi connectivity index (χ0) is 19.7. The molecule has 3 atom stereocenters. The lowest BCUT2D eigenvalue weighted by atomic mass is 9.75. The van der Waals surface area contributed by atoms with Gasteiger partial charge in [0.25, 0.3) is 0 Å². The Morgan fingerprint density at radius 1 is 1.36 bits per heavy atom. The molecule has 6 nitrogen and oxygen atoms in total. The molecule has 0 bridgehead atoms. The summed E-state index contributed by atoms with van der Waals surface area (Å²) < 4.78 is 5.09. The lowest BCUT2D eigenvalue weighted by molar-refractivity contribution is -0.135. The molecule has 2 aromatic rings. The van der Waals surface area contributed by atoms with Gasteiger partial charge in [-0.15, -0.1) is 0 Å². The predicted molar refractivity (Wildman–Crippen MR) is 109 cm³/mol. The monoisotopic (exact) mass is 383 g/mol. The van der Waals surface area contributed by atoms with Crippen molar-refractivity contribution in [1.82, 2.24) is 9.88 Å². The van der Waals surface area contributed by atoms with Crippen LogP contribution in [0.4, 0.5) is 0 Å². The molecule has 0 unspecified atom stereocenters. The number of carbonyl (C=O) groups is 1. The van der Waals surface area contributed by atoms with Crippen LogP contribution in [0.5, 0.6) is 0 Å². The number of oxime groups is 1. The molecule has 0 radical (unpaired) electrons. The van der Waals surface area contributed by atoms with E-state index in [4.69, 9.17) is 4.74 Å². The minimum atomic E-state index is -0.511. The molecule has 4 rings (SSSR count). The summed E-state index contributed by atoms with van der Waals surface area (Å²) in [5, 5.41) is 14.1. The number of nitrogens with zero attached hydrogens (tertiary/aromatic N) is 2. The first kappa shape index (κ1) is 19.0. The molecule has 2 N–H and O–H groups in total. The van der Waals surface area contributed by atoms with Crippen LogP contribution in [0, 0.1) is 11.8 Å². The third kappa shape index (κ3) is 3.30. The summed E-state index contributed by atoms with van der Waals surface area (Å²) in [7, 11) is 0. The summed E-state index contributed by atoms with van der Waals surface area (Å²) in [6.07, 6.45) is 3.61. The predicted octanol–water partition coefficient (Wildman–Crippen LogP) is 3.90. The topological polar surface area (TPSA) is 77.9 Å². The van der Waals surface area contributed by atoms with E-state index in [9.17, 15) is 10.0 Å². The summed E-state index contributed by atoms with van der Waals surface area (Å²) in [6, 6.07) is 8.68. The summed E-state index contributed by atoms with van der Waals surface area (Å²) in [4.78, 5) is 18.4. The van der Waals surface area contributed by atoms with Crippen LogP contribution in [0.25, 0.3) is 10.9 Å².